The Morgan fingerprint density at radius 2 is 2.36 bits per heavy atom. The highest BCUT2D eigenvalue weighted by molar-refractivity contribution is 9.10. The van der Waals surface area contributed by atoms with Gasteiger partial charge in [-0.25, -0.2) is 4.39 Å². The van der Waals surface area contributed by atoms with Crippen molar-refractivity contribution in [1.29, 1.82) is 0 Å². The van der Waals surface area contributed by atoms with Gasteiger partial charge in [-0.15, -0.1) is 0 Å². The summed E-state index contributed by atoms with van der Waals surface area (Å²) in [6, 6.07) is 4.71. The van der Waals surface area contributed by atoms with Crippen LogP contribution in [-0.2, 0) is 5.54 Å². The Kier molecular flexibility index (Phi) is 2.37. The van der Waals surface area contributed by atoms with E-state index in [0.717, 1.165) is 4.47 Å². The molecule has 0 heterocycles. The Bertz CT molecular complexity index is 371. The largest absolute Gasteiger partial charge is 0.396 e. The molecular formula is C10H11BrFNO. The third-order valence-electron chi connectivity index (χ3n) is 2.80. The van der Waals surface area contributed by atoms with E-state index in [9.17, 15) is 4.39 Å². The van der Waals surface area contributed by atoms with Crippen molar-refractivity contribution in [1.82, 2.24) is 0 Å². The van der Waals surface area contributed by atoms with Gasteiger partial charge >= 0.3 is 0 Å². The third kappa shape index (κ3) is 1.47. The van der Waals surface area contributed by atoms with Crippen LogP contribution in [0.5, 0.6) is 0 Å². The number of aliphatic hydroxyl groups is 1. The van der Waals surface area contributed by atoms with Crippen LogP contribution in [0.25, 0.3) is 0 Å². The van der Waals surface area contributed by atoms with Gasteiger partial charge in [-0.05, 0) is 24.6 Å². The molecule has 0 saturated heterocycles. The molecule has 2 atom stereocenters. The zero-order valence-corrected chi connectivity index (χ0v) is 9.09. The Labute approximate surface area is 90.1 Å². The lowest BCUT2D eigenvalue weighted by Crippen LogP contribution is -2.24. The summed E-state index contributed by atoms with van der Waals surface area (Å²) in [4.78, 5) is 0. The monoisotopic (exact) mass is 259 g/mol. The van der Waals surface area contributed by atoms with E-state index in [1.807, 2.05) is 0 Å². The van der Waals surface area contributed by atoms with E-state index in [4.69, 9.17) is 10.8 Å². The molecule has 0 aromatic heterocycles. The van der Waals surface area contributed by atoms with Crippen LogP contribution in [-0.4, -0.2) is 11.7 Å². The second kappa shape index (κ2) is 3.29. The number of hydrogen-bond acceptors (Lipinski definition) is 2. The molecule has 1 aromatic carbocycles. The van der Waals surface area contributed by atoms with Crippen LogP contribution in [0.15, 0.2) is 22.7 Å². The van der Waals surface area contributed by atoms with Gasteiger partial charge in [-0.1, -0.05) is 15.9 Å². The van der Waals surface area contributed by atoms with E-state index in [1.54, 1.807) is 12.1 Å². The van der Waals surface area contributed by atoms with Gasteiger partial charge in [-0.3, -0.25) is 0 Å². The first-order chi connectivity index (χ1) is 6.58. The molecule has 0 aliphatic heterocycles. The summed E-state index contributed by atoms with van der Waals surface area (Å²) in [5.41, 5.74) is 5.80. The van der Waals surface area contributed by atoms with Crippen LogP contribution in [0.3, 0.4) is 0 Å². The number of hydrogen-bond donors (Lipinski definition) is 2. The quantitative estimate of drug-likeness (QED) is 0.851. The van der Waals surface area contributed by atoms with Gasteiger partial charge in [0.15, 0.2) is 0 Å². The molecule has 0 radical (unpaired) electrons. The molecule has 76 valence electrons. The predicted molar refractivity (Wildman–Crippen MR) is 55.2 cm³/mol. The lowest BCUT2D eigenvalue weighted by molar-refractivity contribution is 0.263. The van der Waals surface area contributed by atoms with Crippen LogP contribution in [0.1, 0.15) is 12.0 Å². The van der Waals surface area contributed by atoms with E-state index < -0.39 is 5.54 Å². The molecule has 0 unspecified atom stereocenters. The lowest BCUT2D eigenvalue weighted by atomic mass is 10.0. The van der Waals surface area contributed by atoms with E-state index in [-0.39, 0.29) is 18.3 Å². The van der Waals surface area contributed by atoms with Gasteiger partial charge in [0, 0.05) is 28.1 Å². The van der Waals surface area contributed by atoms with Crippen LogP contribution in [0.2, 0.25) is 0 Å². The van der Waals surface area contributed by atoms with E-state index >= 15 is 0 Å². The maximum atomic E-state index is 13.4. The first-order valence-corrected chi connectivity index (χ1v) is 5.22. The van der Waals surface area contributed by atoms with Gasteiger partial charge in [0.05, 0.1) is 0 Å². The summed E-state index contributed by atoms with van der Waals surface area (Å²) in [6.07, 6.45) is 0.650. The molecule has 2 rings (SSSR count). The minimum Gasteiger partial charge on any atom is -0.396 e. The average molecular weight is 260 g/mol. The van der Waals surface area contributed by atoms with Crippen molar-refractivity contribution in [3.63, 3.8) is 0 Å². The smallest absolute Gasteiger partial charge is 0.128 e. The molecule has 4 heteroatoms. The van der Waals surface area contributed by atoms with Gasteiger partial charge in [-0.2, -0.15) is 0 Å². The highest BCUT2D eigenvalue weighted by Gasteiger charge is 2.53. The SMILES string of the molecule is N[C@@]1(c2cc(Br)ccc2F)C[C@H]1CO. The zero-order chi connectivity index (χ0) is 10.3. The maximum absolute atomic E-state index is 13.4. The zero-order valence-electron chi connectivity index (χ0n) is 7.50. The highest BCUT2D eigenvalue weighted by atomic mass is 79.9. The van der Waals surface area contributed by atoms with Crippen molar-refractivity contribution >= 4 is 15.9 Å². The number of nitrogens with two attached hydrogens (primary N) is 1. The molecular weight excluding hydrogens is 249 g/mol. The fraction of sp³-hybridized carbons (Fsp3) is 0.400. The van der Waals surface area contributed by atoms with Crippen molar-refractivity contribution in [3.8, 4) is 0 Å². The Hall–Kier alpha value is -0.450. The molecule has 0 bridgehead atoms. The second-order valence-corrected chi connectivity index (χ2v) is 4.66. The highest BCUT2D eigenvalue weighted by Crippen LogP contribution is 2.50. The summed E-state index contributed by atoms with van der Waals surface area (Å²) in [6.45, 7) is 0.0163. The molecule has 0 spiro atoms. The lowest BCUT2D eigenvalue weighted by Gasteiger charge is -2.12. The van der Waals surface area contributed by atoms with Crippen molar-refractivity contribution < 1.29 is 9.50 Å². The summed E-state index contributed by atoms with van der Waals surface area (Å²) in [7, 11) is 0. The molecule has 14 heavy (non-hydrogen) atoms. The minimum atomic E-state index is -0.664. The van der Waals surface area contributed by atoms with Crippen molar-refractivity contribution in [2.45, 2.75) is 12.0 Å². The van der Waals surface area contributed by atoms with Gasteiger partial charge in [0.1, 0.15) is 5.82 Å². The van der Waals surface area contributed by atoms with E-state index in [1.165, 1.54) is 6.07 Å². The topological polar surface area (TPSA) is 46.2 Å². The van der Waals surface area contributed by atoms with E-state index in [0.29, 0.717) is 12.0 Å². The van der Waals surface area contributed by atoms with Crippen LogP contribution >= 0.6 is 15.9 Å². The molecule has 2 nitrogen and oxygen atoms in total. The standard InChI is InChI=1S/C10H11BrFNO/c11-7-1-2-9(12)8(3-7)10(13)4-6(10)5-14/h1-3,6,14H,4-5,13H2/t6-,10-/m0/s1. The number of aliphatic hydroxyl groups excluding tert-OH is 1. The fourth-order valence-electron chi connectivity index (χ4n) is 1.76. The Morgan fingerprint density at radius 1 is 1.64 bits per heavy atom. The predicted octanol–water partition coefficient (Wildman–Crippen LogP) is 1.75. The maximum Gasteiger partial charge on any atom is 0.128 e. The molecule has 1 aliphatic carbocycles. The van der Waals surface area contributed by atoms with Crippen LogP contribution in [0.4, 0.5) is 4.39 Å². The molecule has 0 amide bonds. The Morgan fingerprint density at radius 3 is 2.93 bits per heavy atom. The number of halogens is 2. The molecule has 1 aromatic rings. The van der Waals surface area contributed by atoms with Crippen molar-refractivity contribution in [3.05, 3.63) is 34.1 Å². The summed E-state index contributed by atoms with van der Waals surface area (Å²) < 4.78 is 14.2. The van der Waals surface area contributed by atoms with Crippen molar-refractivity contribution in [2.24, 2.45) is 11.7 Å². The number of rotatable bonds is 2. The summed E-state index contributed by atoms with van der Waals surface area (Å²) in [5, 5.41) is 8.95. The van der Waals surface area contributed by atoms with Crippen molar-refractivity contribution in [2.75, 3.05) is 6.61 Å². The van der Waals surface area contributed by atoms with Crippen LogP contribution in [0, 0.1) is 11.7 Å². The molecule has 1 aliphatic rings. The minimum absolute atomic E-state index is 0.00806. The van der Waals surface area contributed by atoms with Gasteiger partial charge < -0.3 is 10.8 Å². The van der Waals surface area contributed by atoms with Gasteiger partial charge in [0.25, 0.3) is 0 Å². The molecule has 1 saturated carbocycles. The normalized spacial score (nSPS) is 30.4. The summed E-state index contributed by atoms with van der Waals surface area (Å²) >= 11 is 3.27. The van der Waals surface area contributed by atoms with E-state index in [2.05, 4.69) is 15.9 Å². The van der Waals surface area contributed by atoms with Gasteiger partial charge in [0.2, 0.25) is 0 Å². The Balaban J connectivity index is 2.38. The molecule has 1 fully saturated rings. The van der Waals surface area contributed by atoms with Crippen LogP contribution < -0.4 is 5.73 Å². The first-order valence-electron chi connectivity index (χ1n) is 4.43. The first kappa shape index (κ1) is 10.1. The fourth-order valence-corrected chi connectivity index (χ4v) is 2.12. The summed E-state index contributed by atoms with van der Waals surface area (Å²) in [5.74, 6) is -0.307. The molecule has 3 N–H and O–H groups in total. The second-order valence-electron chi connectivity index (χ2n) is 3.75. The third-order valence-corrected chi connectivity index (χ3v) is 3.30. The average Bonchev–Trinajstić information content (AvgIpc) is 2.83. The number of benzene rings is 1.